The van der Waals surface area contributed by atoms with Crippen LogP contribution in [-0.4, -0.2) is 41.1 Å². The largest absolute Gasteiger partial charge is 0.476 e. The van der Waals surface area contributed by atoms with E-state index < -0.39 is 0 Å². The van der Waals surface area contributed by atoms with Crippen molar-refractivity contribution in [2.24, 2.45) is 5.84 Å². The second kappa shape index (κ2) is 6.65. The molecule has 0 unspecified atom stereocenters. The van der Waals surface area contributed by atoms with Crippen molar-refractivity contribution in [1.82, 2.24) is 14.9 Å². The number of nitrogen functional groups attached to an aromatic ring is 1. The van der Waals surface area contributed by atoms with Crippen LogP contribution in [0.5, 0.6) is 5.88 Å². The summed E-state index contributed by atoms with van der Waals surface area (Å²) in [5, 5.41) is 2.90. The van der Waals surface area contributed by atoms with Gasteiger partial charge in [0.25, 0.3) is 0 Å². The Kier molecular flexibility index (Phi) is 4.89. The summed E-state index contributed by atoms with van der Waals surface area (Å²) in [6.07, 6.45) is 0. The lowest BCUT2D eigenvalue weighted by Crippen LogP contribution is -2.28. The van der Waals surface area contributed by atoms with Crippen molar-refractivity contribution in [2.45, 2.75) is 13.8 Å². The predicted molar refractivity (Wildman–Crippen MR) is 78.5 cm³/mol. The normalized spacial score (nSPS) is 11.2. The van der Waals surface area contributed by atoms with Crippen molar-refractivity contribution in [3.8, 4) is 5.88 Å². The van der Waals surface area contributed by atoms with E-state index in [1.807, 2.05) is 11.4 Å². The van der Waals surface area contributed by atoms with E-state index in [0.717, 1.165) is 29.9 Å². The highest BCUT2D eigenvalue weighted by Gasteiger charge is 2.10. The maximum Gasteiger partial charge on any atom is 0.241 e. The van der Waals surface area contributed by atoms with Crippen LogP contribution in [0.15, 0.2) is 11.4 Å². The molecule has 3 N–H and O–H groups in total. The number of fused-ring (bicyclic) bond motifs is 1. The van der Waals surface area contributed by atoms with Gasteiger partial charge in [0.2, 0.25) is 11.8 Å². The molecule has 0 radical (unpaired) electrons. The van der Waals surface area contributed by atoms with Crippen LogP contribution in [0.1, 0.15) is 13.8 Å². The molecule has 104 valence electrons. The first-order valence-electron chi connectivity index (χ1n) is 6.35. The van der Waals surface area contributed by atoms with Crippen LogP contribution >= 0.6 is 11.3 Å². The lowest BCUT2D eigenvalue weighted by atomic mass is 10.4. The number of aromatic nitrogens is 2. The number of rotatable bonds is 7. The van der Waals surface area contributed by atoms with E-state index in [-0.39, 0.29) is 0 Å². The number of thiophene rings is 1. The number of hydrogen-bond acceptors (Lipinski definition) is 7. The van der Waals surface area contributed by atoms with Gasteiger partial charge in [-0.25, -0.2) is 10.8 Å². The predicted octanol–water partition coefficient (Wildman–Crippen LogP) is 1.70. The van der Waals surface area contributed by atoms with Crippen LogP contribution in [0.2, 0.25) is 0 Å². The molecule has 0 saturated carbocycles. The molecule has 0 aromatic carbocycles. The van der Waals surface area contributed by atoms with Crippen molar-refractivity contribution >= 4 is 27.5 Å². The van der Waals surface area contributed by atoms with Gasteiger partial charge in [0.1, 0.15) is 11.4 Å². The zero-order chi connectivity index (χ0) is 13.7. The molecule has 0 amide bonds. The maximum atomic E-state index is 5.77. The minimum atomic E-state index is 0.382. The van der Waals surface area contributed by atoms with Crippen molar-refractivity contribution in [2.75, 3.05) is 31.7 Å². The summed E-state index contributed by atoms with van der Waals surface area (Å²) < 4.78 is 5.77. The van der Waals surface area contributed by atoms with E-state index >= 15 is 0 Å². The van der Waals surface area contributed by atoms with E-state index in [0.29, 0.717) is 18.4 Å². The lowest BCUT2D eigenvalue weighted by Gasteiger charge is -2.17. The molecule has 7 heteroatoms. The minimum absolute atomic E-state index is 0.382. The molecule has 0 aliphatic heterocycles. The van der Waals surface area contributed by atoms with Crippen LogP contribution in [0.4, 0.5) is 5.95 Å². The first kappa shape index (κ1) is 14.0. The third kappa shape index (κ3) is 3.31. The van der Waals surface area contributed by atoms with Gasteiger partial charge < -0.3 is 9.64 Å². The van der Waals surface area contributed by atoms with Crippen LogP contribution < -0.4 is 16.0 Å². The van der Waals surface area contributed by atoms with E-state index in [1.165, 1.54) is 0 Å². The van der Waals surface area contributed by atoms with Gasteiger partial charge in [-0.1, -0.05) is 13.8 Å². The number of nitrogens with zero attached hydrogens (tertiary/aromatic N) is 3. The topological polar surface area (TPSA) is 76.3 Å². The van der Waals surface area contributed by atoms with E-state index in [2.05, 4.69) is 34.1 Å². The van der Waals surface area contributed by atoms with E-state index in [9.17, 15) is 0 Å². The van der Waals surface area contributed by atoms with Gasteiger partial charge in [-0.15, -0.1) is 11.3 Å². The quantitative estimate of drug-likeness (QED) is 0.594. The van der Waals surface area contributed by atoms with Gasteiger partial charge in [-0.3, -0.25) is 5.43 Å². The van der Waals surface area contributed by atoms with Crippen LogP contribution in [-0.2, 0) is 0 Å². The van der Waals surface area contributed by atoms with E-state index in [1.54, 1.807) is 11.3 Å². The SMILES string of the molecule is CCN(CC)CCOc1nc(NN)nc2sccc12. The molecule has 0 fully saturated rings. The molecular formula is C12H19N5OS. The fourth-order valence-electron chi connectivity index (χ4n) is 1.81. The molecule has 0 spiro atoms. The molecule has 6 nitrogen and oxygen atoms in total. The van der Waals surface area contributed by atoms with Gasteiger partial charge in [-0.05, 0) is 24.5 Å². The summed E-state index contributed by atoms with van der Waals surface area (Å²) in [5.74, 6) is 6.34. The molecule has 0 aliphatic carbocycles. The number of nitrogens with one attached hydrogen (secondary N) is 1. The zero-order valence-electron chi connectivity index (χ0n) is 11.2. The molecule has 2 aromatic rings. The Balaban J connectivity index is 2.08. The fraction of sp³-hybridized carbons (Fsp3) is 0.500. The van der Waals surface area contributed by atoms with Crippen molar-refractivity contribution in [1.29, 1.82) is 0 Å². The summed E-state index contributed by atoms with van der Waals surface area (Å²) in [4.78, 5) is 11.7. The molecule has 2 aromatic heterocycles. The fourth-order valence-corrected chi connectivity index (χ4v) is 2.57. The van der Waals surface area contributed by atoms with Crippen LogP contribution in [0.25, 0.3) is 10.2 Å². The Morgan fingerprint density at radius 1 is 1.37 bits per heavy atom. The minimum Gasteiger partial charge on any atom is -0.476 e. The average molecular weight is 281 g/mol. The molecule has 0 saturated heterocycles. The van der Waals surface area contributed by atoms with Gasteiger partial charge >= 0.3 is 0 Å². The second-order valence-corrected chi connectivity index (χ2v) is 4.91. The summed E-state index contributed by atoms with van der Waals surface area (Å²) in [7, 11) is 0. The zero-order valence-corrected chi connectivity index (χ0v) is 12.0. The van der Waals surface area contributed by atoms with Gasteiger partial charge in [0.15, 0.2) is 0 Å². The number of likely N-dealkylation sites (N-methyl/N-ethyl adjacent to an activating group) is 1. The van der Waals surface area contributed by atoms with Gasteiger partial charge in [-0.2, -0.15) is 4.98 Å². The van der Waals surface area contributed by atoms with Crippen molar-refractivity contribution in [3.05, 3.63) is 11.4 Å². The third-order valence-corrected chi connectivity index (χ3v) is 3.77. The number of hydrazine groups is 1. The number of hydrogen-bond donors (Lipinski definition) is 2. The van der Waals surface area contributed by atoms with Gasteiger partial charge in [0.05, 0.1) is 5.39 Å². The van der Waals surface area contributed by atoms with Crippen molar-refractivity contribution in [3.63, 3.8) is 0 Å². The molecule has 0 atom stereocenters. The number of nitrogens with two attached hydrogens (primary N) is 1. The first-order valence-corrected chi connectivity index (χ1v) is 7.23. The maximum absolute atomic E-state index is 5.77. The molecule has 0 aliphatic rings. The number of anilines is 1. The van der Waals surface area contributed by atoms with E-state index in [4.69, 9.17) is 10.6 Å². The van der Waals surface area contributed by atoms with Crippen LogP contribution in [0.3, 0.4) is 0 Å². The monoisotopic (exact) mass is 281 g/mol. The molecule has 2 heterocycles. The summed E-state index contributed by atoms with van der Waals surface area (Å²) in [6, 6.07) is 1.97. The highest BCUT2D eigenvalue weighted by Crippen LogP contribution is 2.27. The standard InChI is InChI=1S/C12H19N5OS/c1-3-17(4-2)6-7-18-10-9-5-8-19-11(9)15-12(14-10)16-13/h5,8H,3-4,6-7,13H2,1-2H3,(H,14,15,16). The Bertz CT molecular complexity index is 526. The van der Waals surface area contributed by atoms with Gasteiger partial charge in [0, 0.05) is 6.54 Å². The highest BCUT2D eigenvalue weighted by atomic mass is 32.1. The first-order chi connectivity index (χ1) is 9.28. The Morgan fingerprint density at radius 3 is 2.84 bits per heavy atom. The summed E-state index contributed by atoms with van der Waals surface area (Å²) in [5.41, 5.74) is 2.46. The molecular weight excluding hydrogens is 262 g/mol. The highest BCUT2D eigenvalue weighted by molar-refractivity contribution is 7.16. The van der Waals surface area contributed by atoms with Crippen LogP contribution in [0, 0.1) is 0 Å². The molecule has 2 rings (SSSR count). The van der Waals surface area contributed by atoms with Crippen molar-refractivity contribution < 1.29 is 4.74 Å². The smallest absolute Gasteiger partial charge is 0.241 e. The summed E-state index contributed by atoms with van der Waals surface area (Å²) in [6.45, 7) is 7.81. The Labute approximate surface area is 116 Å². The Hall–Kier alpha value is -1.44. The molecule has 19 heavy (non-hydrogen) atoms. The molecule has 0 bridgehead atoms. The lowest BCUT2D eigenvalue weighted by molar-refractivity contribution is 0.219. The third-order valence-electron chi connectivity index (χ3n) is 2.96. The average Bonchev–Trinajstić information content (AvgIpc) is 2.91. The summed E-state index contributed by atoms with van der Waals surface area (Å²) >= 11 is 1.54. The Morgan fingerprint density at radius 2 is 2.16 bits per heavy atom. The second-order valence-electron chi connectivity index (χ2n) is 4.01. The number of ether oxygens (including phenoxy) is 1.